The fraction of sp³-hybridized carbons (Fsp3) is 0.333. The Kier molecular flexibility index (Phi) is 2.39. The van der Waals surface area contributed by atoms with Crippen LogP contribution in [0.25, 0.3) is 11.0 Å². The minimum atomic E-state index is -0.852. The number of methoxy groups -OCH3 is 1. The van der Waals surface area contributed by atoms with E-state index >= 15 is 0 Å². The fourth-order valence-electron chi connectivity index (χ4n) is 4.01. The Morgan fingerprint density at radius 1 is 1.29 bits per heavy atom. The van der Waals surface area contributed by atoms with E-state index in [1.165, 1.54) is 0 Å². The highest BCUT2D eigenvalue weighted by Crippen LogP contribution is 2.54. The fourth-order valence-corrected chi connectivity index (χ4v) is 4.01. The van der Waals surface area contributed by atoms with Gasteiger partial charge in [-0.1, -0.05) is 0 Å². The minimum absolute atomic E-state index is 0.153. The van der Waals surface area contributed by atoms with E-state index in [0.29, 0.717) is 40.9 Å². The predicted molar refractivity (Wildman–Crippen MR) is 83.7 cm³/mol. The first kappa shape index (κ1) is 13.7. The van der Waals surface area contributed by atoms with Crippen molar-refractivity contribution in [3.8, 4) is 11.5 Å². The standard InChI is InChI=1S/C18H14O6/c1-18-9(5-6-22-18)15-12(24-18)7-11(21-2)14-8-3-4-10(19)13(8)17(20)23-16(14)15/h5-7,9H,3-4H2,1-2H3/t9-,18+/m0/s1. The number of carbonyl (C=O) groups is 1. The van der Waals surface area contributed by atoms with Crippen LogP contribution in [-0.4, -0.2) is 18.7 Å². The Morgan fingerprint density at radius 2 is 2.12 bits per heavy atom. The molecule has 2 atom stereocenters. The molecule has 0 fully saturated rings. The summed E-state index contributed by atoms with van der Waals surface area (Å²) in [7, 11) is 1.54. The highest BCUT2D eigenvalue weighted by Gasteiger charge is 2.50. The van der Waals surface area contributed by atoms with Crippen LogP contribution in [0, 0.1) is 0 Å². The molecular formula is C18H14O6. The number of hydrogen-bond acceptors (Lipinski definition) is 6. The number of Topliss-reactive ketones (excluding diaryl/α,β-unsaturated/α-hetero) is 1. The molecule has 3 aliphatic rings. The van der Waals surface area contributed by atoms with Crippen molar-refractivity contribution in [3.63, 3.8) is 0 Å². The third-order valence-corrected chi connectivity index (χ3v) is 5.11. The number of ether oxygens (including phenoxy) is 3. The van der Waals surface area contributed by atoms with Gasteiger partial charge < -0.3 is 18.6 Å². The van der Waals surface area contributed by atoms with Gasteiger partial charge in [-0.2, -0.15) is 0 Å². The normalized spacial score (nSPS) is 26.1. The molecule has 0 radical (unpaired) electrons. The smallest absolute Gasteiger partial charge is 0.347 e. The Bertz CT molecular complexity index is 1010. The summed E-state index contributed by atoms with van der Waals surface area (Å²) in [5.41, 5.74) is 1.46. The molecule has 6 nitrogen and oxygen atoms in total. The van der Waals surface area contributed by atoms with E-state index in [0.717, 1.165) is 5.56 Å². The molecule has 3 heterocycles. The molecule has 2 aliphatic heterocycles. The molecule has 122 valence electrons. The number of hydrogen-bond donors (Lipinski definition) is 0. The van der Waals surface area contributed by atoms with Gasteiger partial charge in [0.25, 0.3) is 5.79 Å². The van der Waals surface area contributed by atoms with Crippen LogP contribution in [0.5, 0.6) is 11.5 Å². The molecule has 0 bridgehead atoms. The van der Waals surface area contributed by atoms with E-state index in [-0.39, 0.29) is 17.3 Å². The number of aryl methyl sites for hydroxylation is 1. The summed E-state index contributed by atoms with van der Waals surface area (Å²) in [4.78, 5) is 24.4. The summed E-state index contributed by atoms with van der Waals surface area (Å²) >= 11 is 0. The second-order valence-electron chi connectivity index (χ2n) is 6.40. The molecule has 6 heteroatoms. The van der Waals surface area contributed by atoms with Gasteiger partial charge in [0.15, 0.2) is 5.78 Å². The summed E-state index contributed by atoms with van der Waals surface area (Å²) in [6.45, 7) is 1.84. The van der Waals surface area contributed by atoms with Crippen molar-refractivity contribution in [1.29, 1.82) is 0 Å². The second kappa shape index (κ2) is 4.20. The average molecular weight is 326 g/mol. The van der Waals surface area contributed by atoms with E-state index in [1.54, 1.807) is 19.4 Å². The average Bonchev–Trinajstić information content (AvgIpc) is 3.17. The number of carbonyl (C=O) groups excluding carboxylic acids is 1. The number of fused-ring (bicyclic) bond motifs is 7. The van der Waals surface area contributed by atoms with Gasteiger partial charge in [0.05, 0.1) is 30.2 Å². The summed E-state index contributed by atoms with van der Waals surface area (Å²) in [6, 6.07) is 1.78. The second-order valence-corrected chi connectivity index (χ2v) is 6.40. The molecule has 2 aromatic rings. The minimum Gasteiger partial charge on any atom is -0.496 e. The van der Waals surface area contributed by atoms with Gasteiger partial charge in [-0.3, -0.25) is 4.79 Å². The summed E-state index contributed by atoms with van der Waals surface area (Å²) in [5.74, 6) is -0.100. The molecule has 0 amide bonds. The molecular weight excluding hydrogens is 312 g/mol. The lowest BCUT2D eigenvalue weighted by molar-refractivity contribution is -0.107. The zero-order valence-electron chi connectivity index (χ0n) is 13.2. The van der Waals surface area contributed by atoms with Gasteiger partial charge in [0, 0.05) is 19.4 Å². The zero-order valence-corrected chi connectivity index (χ0v) is 13.2. The Labute approximate surface area is 136 Å². The Hall–Kier alpha value is -2.76. The predicted octanol–water partition coefficient (Wildman–Crippen LogP) is 2.67. The first-order valence-electron chi connectivity index (χ1n) is 7.81. The molecule has 0 unspecified atom stereocenters. The molecule has 0 saturated carbocycles. The summed E-state index contributed by atoms with van der Waals surface area (Å²) in [5, 5.41) is 0.685. The lowest BCUT2D eigenvalue weighted by atomic mass is 9.91. The van der Waals surface area contributed by atoms with Gasteiger partial charge in [-0.05, 0) is 18.1 Å². The topological polar surface area (TPSA) is 75.0 Å². The molecule has 5 rings (SSSR count). The van der Waals surface area contributed by atoms with Gasteiger partial charge in [0.1, 0.15) is 22.6 Å². The third kappa shape index (κ3) is 1.46. The quantitative estimate of drug-likeness (QED) is 0.750. The number of benzene rings is 1. The third-order valence-electron chi connectivity index (χ3n) is 5.11. The van der Waals surface area contributed by atoms with E-state index in [2.05, 4.69) is 0 Å². The van der Waals surface area contributed by atoms with Crippen LogP contribution in [0.2, 0.25) is 0 Å². The van der Waals surface area contributed by atoms with Crippen molar-refractivity contribution in [2.45, 2.75) is 31.5 Å². The summed E-state index contributed by atoms with van der Waals surface area (Å²) < 4.78 is 22.6. The van der Waals surface area contributed by atoms with Crippen molar-refractivity contribution < 1.29 is 23.4 Å². The monoisotopic (exact) mass is 326 g/mol. The van der Waals surface area contributed by atoms with Crippen molar-refractivity contribution in [2.75, 3.05) is 7.11 Å². The first-order valence-corrected chi connectivity index (χ1v) is 7.81. The number of ketones is 1. The van der Waals surface area contributed by atoms with Gasteiger partial charge in [-0.25, -0.2) is 4.79 Å². The zero-order chi connectivity index (χ0) is 16.6. The van der Waals surface area contributed by atoms with Crippen LogP contribution in [-0.2, 0) is 11.2 Å². The highest BCUT2D eigenvalue weighted by atomic mass is 16.7. The van der Waals surface area contributed by atoms with E-state index < -0.39 is 11.4 Å². The number of rotatable bonds is 1. The lowest BCUT2D eigenvalue weighted by Crippen LogP contribution is -2.31. The highest BCUT2D eigenvalue weighted by molar-refractivity contribution is 6.06. The van der Waals surface area contributed by atoms with Crippen molar-refractivity contribution >= 4 is 16.8 Å². The summed E-state index contributed by atoms with van der Waals surface area (Å²) in [6.07, 6.45) is 4.31. The van der Waals surface area contributed by atoms with Crippen LogP contribution >= 0.6 is 0 Å². The Morgan fingerprint density at radius 3 is 2.92 bits per heavy atom. The maximum Gasteiger partial charge on any atom is 0.347 e. The molecule has 1 aromatic carbocycles. The van der Waals surface area contributed by atoms with Crippen molar-refractivity contribution in [1.82, 2.24) is 0 Å². The molecule has 0 spiro atoms. The Balaban J connectivity index is 1.94. The SMILES string of the molecule is COc1cc2c(c3oc(=O)c4c(c13)CCC4=O)[C@@H]1C=CO[C@]1(C)O2. The molecule has 1 aromatic heterocycles. The van der Waals surface area contributed by atoms with E-state index in [1.807, 2.05) is 13.0 Å². The first-order chi connectivity index (χ1) is 11.5. The van der Waals surface area contributed by atoms with Crippen LogP contribution in [0.15, 0.2) is 27.6 Å². The van der Waals surface area contributed by atoms with E-state index in [9.17, 15) is 9.59 Å². The van der Waals surface area contributed by atoms with Crippen LogP contribution in [0.4, 0.5) is 0 Å². The van der Waals surface area contributed by atoms with Gasteiger partial charge in [-0.15, -0.1) is 0 Å². The van der Waals surface area contributed by atoms with Gasteiger partial charge in [0.2, 0.25) is 0 Å². The molecule has 1 aliphatic carbocycles. The lowest BCUT2D eigenvalue weighted by Gasteiger charge is -2.22. The molecule has 0 N–H and O–H groups in total. The maximum absolute atomic E-state index is 12.4. The van der Waals surface area contributed by atoms with Crippen LogP contribution in [0.3, 0.4) is 0 Å². The van der Waals surface area contributed by atoms with Crippen LogP contribution in [0.1, 0.15) is 40.7 Å². The van der Waals surface area contributed by atoms with Crippen LogP contribution < -0.4 is 15.1 Å². The maximum atomic E-state index is 12.4. The van der Waals surface area contributed by atoms with E-state index in [4.69, 9.17) is 18.6 Å². The molecule has 0 saturated heterocycles. The molecule has 24 heavy (non-hydrogen) atoms. The van der Waals surface area contributed by atoms with Crippen molar-refractivity contribution in [2.24, 2.45) is 0 Å². The van der Waals surface area contributed by atoms with Crippen molar-refractivity contribution in [3.05, 3.63) is 45.5 Å². The van der Waals surface area contributed by atoms with Gasteiger partial charge >= 0.3 is 5.63 Å². The largest absolute Gasteiger partial charge is 0.496 e.